The predicted molar refractivity (Wildman–Crippen MR) is 82.8 cm³/mol. The van der Waals surface area contributed by atoms with E-state index in [1.54, 1.807) is 0 Å². The number of nitrogen functional groups attached to an aromatic ring is 1. The summed E-state index contributed by atoms with van der Waals surface area (Å²) in [6.45, 7) is 0. The van der Waals surface area contributed by atoms with Gasteiger partial charge in [0.25, 0.3) is 0 Å². The van der Waals surface area contributed by atoms with Crippen LogP contribution in [0.2, 0.25) is 0 Å². The molecule has 2 N–H and O–H groups in total. The van der Waals surface area contributed by atoms with E-state index < -0.39 is 0 Å². The summed E-state index contributed by atoms with van der Waals surface area (Å²) in [6, 6.07) is 21.9. The maximum atomic E-state index is 13.0. The van der Waals surface area contributed by atoms with Gasteiger partial charge in [-0.25, -0.2) is 4.39 Å². The third-order valence-electron chi connectivity index (χ3n) is 3.16. The highest BCUT2D eigenvalue weighted by molar-refractivity contribution is 5.64. The van der Waals surface area contributed by atoms with Crippen LogP contribution in [0.25, 0.3) is 11.1 Å². The van der Waals surface area contributed by atoms with Crippen molar-refractivity contribution in [2.75, 3.05) is 5.73 Å². The van der Waals surface area contributed by atoms with Gasteiger partial charge >= 0.3 is 0 Å². The van der Waals surface area contributed by atoms with Gasteiger partial charge in [-0.15, -0.1) is 0 Å². The van der Waals surface area contributed by atoms with Crippen molar-refractivity contribution >= 4 is 5.69 Å². The van der Waals surface area contributed by atoms with Crippen LogP contribution in [0.15, 0.2) is 72.8 Å². The van der Waals surface area contributed by atoms with Crippen molar-refractivity contribution in [2.45, 2.75) is 0 Å². The zero-order valence-electron chi connectivity index (χ0n) is 11.3. The monoisotopic (exact) mass is 279 g/mol. The molecular formula is C18H14FNO. The van der Waals surface area contributed by atoms with Crippen LogP contribution in [0, 0.1) is 5.82 Å². The third-order valence-corrected chi connectivity index (χ3v) is 3.16. The van der Waals surface area contributed by atoms with Gasteiger partial charge < -0.3 is 10.5 Å². The van der Waals surface area contributed by atoms with Gasteiger partial charge in [0.05, 0.1) is 5.69 Å². The summed E-state index contributed by atoms with van der Waals surface area (Å²) in [5.74, 6) is 0.733. The van der Waals surface area contributed by atoms with Crippen LogP contribution in [-0.4, -0.2) is 0 Å². The standard InChI is InChI=1S/C18H14FNO/c19-15-8-11-18(17(20)12-15)21-16-9-6-14(7-10-16)13-4-2-1-3-5-13/h1-12H,20H2. The zero-order chi connectivity index (χ0) is 14.7. The molecule has 104 valence electrons. The van der Waals surface area contributed by atoms with E-state index in [4.69, 9.17) is 10.5 Å². The molecule has 3 heteroatoms. The molecule has 0 aliphatic rings. The summed E-state index contributed by atoms with van der Waals surface area (Å²) in [6.07, 6.45) is 0. The molecule has 0 spiro atoms. The van der Waals surface area contributed by atoms with E-state index >= 15 is 0 Å². The van der Waals surface area contributed by atoms with E-state index in [-0.39, 0.29) is 11.5 Å². The molecular weight excluding hydrogens is 265 g/mol. The Bertz CT molecular complexity index is 739. The highest BCUT2D eigenvalue weighted by Gasteiger charge is 2.04. The van der Waals surface area contributed by atoms with Gasteiger partial charge in [0.1, 0.15) is 11.6 Å². The molecule has 0 aromatic heterocycles. The predicted octanol–water partition coefficient (Wildman–Crippen LogP) is 4.87. The van der Waals surface area contributed by atoms with Crippen molar-refractivity contribution in [1.82, 2.24) is 0 Å². The third kappa shape index (κ3) is 3.03. The molecule has 0 heterocycles. The molecule has 0 fully saturated rings. The van der Waals surface area contributed by atoms with Gasteiger partial charge in [0.15, 0.2) is 5.75 Å². The van der Waals surface area contributed by atoms with Gasteiger partial charge in [-0.1, -0.05) is 42.5 Å². The zero-order valence-corrected chi connectivity index (χ0v) is 11.3. The number of hydrogen-bond acceptors (Lipinski definition) is 2. The number of nitrogens with two attached hydrogens (primary N) is 1. The Kier molecular flexibility index (Phi) is 3.56. The van der Waals surface area contributed by atoms with Crippen LogP contribution >= 0.6 is 0 Å². The largest absolute Gasteiger partial charge is 0.455 e. The Labute approximate surface area is 122 Å². The molecule has 0 atom stereocenters. The van der Waals surface area contributed by atoms with E-state index in [0.717, 1.165) is 11.1 Å². The van der Waals surface area contributed by atoms with Crippen molar-refractivity contribution in [3.63, 3.8) is 0 Å². The lowest BCUT2D eigenvalue weighted by Gasteiger charge is -2.09. The number of halogens is 1. The Morgan fingerprint density at radius 2 is 1.43 bits per heavy atom. The lowest BCUT2D eigenvalue weighted by Crippen LogP contribution is -1.92. The summed E-state index contributed by atoms with van der Waals surface area (Å²) >= 11 is 0. The van der Waals surface area contributed by atoms with Crippen molar-refractivity contribution in [1.29, 1.82) is 0 Å². The van der Waals surface area contributed by atoms with E-state index in [1.165, 1.54) is 18.2 Å². The SMILES string of the molecule is Nc1cc(F)ccc1Oc1ccc(-c2ccccc2)cc1. The van der Waals surface area contributed by atoms with Gasteiger partial charge in [-0.2, -0.15) is 0 Å². The molecule has 0 amide bonds. The minimum absolute atomic E-state index is 0.280. The Morgan fingerprint density at radius 3 is 2.10 bits per heavy atom. The quantitative estimate of drug-likeness (QED) is 0.694. The number of benzene rings is 3. The average Bonchev–Trinajstić information content (AvgIpc) is 2.52. The fourth-order valence-corrected chi connectivity index (χ4v) is 2.09. The normalized spacial score (nSPS) is 10.3. The topological polar surface area (TPSA) is 35.2 Å². The molecule has 0 bridgehead atoms. The molecule has 0 saturated carbocycles. The van der Waals surface area contributed by atoms with Crippen molar-refractivity contribution in [3.05, 3.63) is 78.6 Å². The summed E-state index contributed by atoms with van der Waals surface area (Å²) in [5.41, 5.74) is 8.26. The summed E-state index contributed by atoms with van der Waals surface area (Å²) in [4.78, 5) is 0. The van der Waals surface area contributed by atoms with Crippen LogP contribution in [0.1, 0.15) is 0 Å². The van der Waals surface area contributed by atoms with E-state index in [9.17, 15) is 4.39 Å². The number of hydrogen-bond donors (Lipinski definition) is 1. The fourth-order valence-electron chi connectivity index (χ4n) is 2.09. The molecule has 21 heavy (non-hydrogen) atoms. The Hall–Kier alpha value is -2.81. The van der Waals surface area contributed by atoms with Crippen molar-refractivity contribution in [3.8, 4) is 22.6 Å². The van der Waals surface area contributed by atoms with E-state index in [2.05, 4.69) is 0 Å². The second kappa shape index (κ2) is 5.67. The average molecular weight is 279 g/mol. The molecule has 0 saturated heterocycles. The second-order valence-electron chi connectivity index (χ2n) is 4.67. The Morgan fingerprint density at radius 1 is 0.762 bits per heavy atom. The first-order valence-corrected chi connectivity index (χ1v) is 6.61. The van der Waals surface area contributed by atoms with Crippen LogP contribution in [-0.2, 0) is 0 Å². The maximum Gasteiger partial charge on any atom is 0.150 e. The Balaban J connectivity index is 1.81. The minimum Gasteiger partial charge on any atom is -0.455 e. The van der Waals surface area contributed by atoms with Crippen LogP contribution in [0.4, 0.5) is 10.1 Å². The number of ether oxygens (including phenoxy) is 1. The molecule has 3 rings (SSSR count). The van der Waals surface area contributed by atoms with Gasteiger partial charge in [0.2, 0.25) is 0 Å². The molecule has 2 nitrogen and oxygen atoms in total. The van der Waals surface area contributed by atoms with Gasteiger partial charge in [0, 0.05) is 6.07 Å². The second-order valence-corrected chi connectivity index (χ2v) is 4.67. The first-order chi connectivity index (χ1) is 10.2. The smallest absolute Gasteiger partial charge is 0.150 e. The van der Waals surface area contributed by atoms with Crippen LogP contribution < -0.4 is 10.5 Å². The lowest BCUT2D eigenvalue weighted by atomic mass is 10.1. The van der Waals surface area contributed by atoms with E-state index in [0.29, 0.717) is 11.5 Å². The van der Waals surface area contributed by atoms with Crippen molar-refractivity contribution in [2.24, 2.45) is 0 Å². The maximum absolute atomic E-state index is 13.0. The van der Waals surface area contributed by atoms with Gasteiger partial charge in [-0.3, -0.25) is 0 Å². The lowest BCUT2D eigenvalue weighted by molar-refractivity contribution is 0.483. The molecule has 3 aromatic rings. The number of rotatable bonds is 3. The van der Waals surface area contributed by atoms with E-state index in [1.807, 2.05) is 54.6 Å². The van der Waals surface area contributed by atoms with Crippen LogP contribution in [0.3, 0.4) is 0 Å². The fraction of sp³-hybridized carbons (Fsp3) is 0. The summed E-state index contributed by atoms with van der Waals surface area (Å²) in [5, 5.41) is 0. The van der Waals surface area contributed by atoms with Crippen LogP contribution in [0.5, 0.6) is 11.5 Å². The minimum atomic E-state index is -0.376. The molecule has 0 radical (unpaired) electrons. The highest BCUT2D eigenvalue weighted by Crippen LogP contribution is 2.29. The molecule has 3 aromatic carbocycles. The van der Waals surface area contributed by atoms with Gasteiger partial charge in [-0.05, 0) is 35.4 Å². The first-order valence-electron chi connectivity index (χ1n) is 6.61. The summed E-state index contributed by atoms with van der Waals surface area (Å²) < 4.78 is 18.7. The molecule has 0 unspecified atom stereocenters. The first kappa shape index (κ1) is 13.2. The van der Waals surface area contributed by atoms with Crippen molar-refractivity contribution < 1.29 is 9.13 Å². The molecule has 0 aliphatic heterocycles. The molecule has 0 aliphatic carbocycles. The highest BCUT2D eigenvalue weighted by atomic mass is 19.1. The summed E-state index contributed by atoms with van der Waals surface area (Å²) in [7, 11) is 0. The number of anilines is 1.